The summed E-state index contributed by atoms with van der Waals surface area (Å²) in [5.41, 5.74) is 0. The Morgan fingerprint density at radius 3 is 1.33 bits per heavy atom. The Kier molecular flexibility index (Phi) is 12.4. The number of rotatable bonds is 14. The highest BCUT2D eigenvalue weighted by atomic mass is 14.3. The van der Waals surface area contributed by atoms with Gasteiger partial charge in [0.2, 0.25) is 0 Å². The summed E-state index contributed by atoms with van der Waals surface area (Å²) >= 11 is 0. The maximum absolute atomic E-state index is 2.31. The molecule has 1 aliphatic carbocycles. The van der Waals surface area contributed by atoms with Crippen molar-refractivity contribution in [3.05, 3.63) is 0 Å². The van der Waals surface area contributed by atoms with Gasteiger partial charge < -0.3 is 0 Å². The molecule has 1 saturated carbocycles. The molecule has 0 N–H and O–H groups in total. The third kappa shape index (κ3) is 9.59. The van der Waals surface area contributed by atoms with Crippen LogP contribution in [0.2, 0.25) is 0 Å². The molecular weight excluding hydrogens is 252 g/mol. The van der Waals surface area contributed by atoms with Gasteiger partial charge in [-0.1, -0.05) is 123 Å². The molecule has 0 aliphatic heterocycles. The molecule has 2 unspecified atom stereocenters. The summed E-state index contributed by atoms with van der Waals surface area (Å²) in [6.45, 7) is 4.62. The fraction of sp³-hybridized carbons (Fsp3) is 1.00. The third-order valence-electron chi connectivity index (χ3n) is 5.67. The van der Waals surface area contributed by atoms with Crippen molar-refractivity contribution in [3.63, 3.8) is 0 Å². The monoisotopic (exact) mass is 294 g/mol. The van der Waals surface area contributed by atoms with E-state index in [-0.39, 0.29) is 0 Å². The van der Waals surface area contributed by atoms with Gasteiger partial charge in [0, 0.05) is 0 Å². The van der Waals surface area contributed by atoms with Crippen LogP contribution in [0.25, 0.3) is 0 Å². The Labute approximate surface area is 135 Å². The molecule has 1 aliphatic rings. The molecule has 0 heteroatoms. The van der Waals surface area contributed by atoms with Crippen LogP contribution in [0.15, 0.2) is 0 Å². The molecule has 0 aromatic heterocycles. The van der Waals surface area contributed by atoms with Gasteiger partial charge in [0.1, 0.15) is 0 Å². The van der Waals surface area contributed by atoms with Crippen LogP contribution in [-0.2, 0) is 0 Å². The van der Waals surface area contributed by atoms with E-state index in [0.717, 1.165) is 11.8 Å². The Hall–Kier alpha value is 0. The Balaban J connectivity index is 1.97. The van der Waals surface area contributed by atoms with Crippen LogP contribution >= 0.6 is 0 Å². The highest BCUT2D eigenvalue weighted by Crippen LogP contribution is 2.38. The SMILES string of the molecule is CCCCCCCCCC1CCCC1CCCCCCC. The fourth-order valence-electron chi connectivity index (χ4n) is 4.25. The Morgan fingerprint density at radius 1 is 0.524 bits per heavy atom. The molecule has 0 heterocycles. The lowest BCUT2D eigenvalue weighted by Crippen LogP contribution is -2.08. The van der Waals surface area contributed by atoms with E-state index in [1.165, 1.54) is 83.5 Å². The highest BCUT2D eigenvalue weighted by molar-refractivity contribution is 4.77. The van der Waals surface area contributed by atoms with Gasteiger partial charge in [0.05, 0.1) is 0 Å². The van der Waals surface area contributed by atoms with E-state index < -0.39 is 0 Å². The lowest BCUT2D eigenvalue weighted by Gasteiger charge is -2.19. The number of unbranched alkanes of at least 4 members (excludes halogenated alkanes) is 10. The molecule has 0 spiro atoms. The molecule has 0 saturated heterocycles. The molecule has 2 atom stereocenters. The van der Waals surface area contributed by atoms with Gasteiger partial charge in [0.15, 0.2) is 0 Å². The van der Waals surface area contributed by atoms with E-state index in [9.17, 15) is 0 Å². The first-order valence-corrected chi connectivity index (χ1v) is 10.4. The molecule has 1 fully saturated rings. The molecule has 1 rings (SSSR count). The summed E-state index contributed by atoms with van der Waals surface area (Å²) in [5, 5.41) is 0. The smallest absolute Gasteiger partial charge is 0.0386 e. The van der Waals surface area contributed by atoms with Gasteiger partial charge in [-0.25, -0.2) is 0 Å². The van der Waals surface area contributed by atoms with Crippen molar-refractivity contribution in [2.45, 2.75) is 123 Å². The molecule has 0 aromatic rings. The van der Waals surface area contributed by atoms with Crippen molar-refractivity contribution in [1.29, 1.82) is 0 Å². The first-order chi connectivity index (χ1) is 10.4. The predicted octanol–water partition coefficient (Wildman–Crippen LogP) is 7.90. The second-order valence-corrected chi connectivity index (χ2v) is 7.56. The second-order valence-electron chi connectivity index (χ2n) is 7.56. The van der Waals surface area contributed by atoms with E-state index in [1.54, 1.807) is 25.7 Å². The molecular formula is C21H42. The highest BCUT2D eigenvalue weighted by Gasteiger charge is 2.25. The van der Waals surface area contributed by atoms with E-state index in [1.807, 2.05) is 0 Å². The van der Waals surface area contributed by atoms with Gasteiger partial charge in [-0.3, -0.25) is 0 Å². The Bertz CT molecular complexity index is 208. The van der Waals surface area contributed by atoms with Gasteiger partial charge in [-0.05, 0) is 11.8 Å². The van der Waals surface area contributed by atoms with Crippen molar-refractivity contribution >= 4 is 0 Å². The minimum Gasteiger partial charge on any atom is -0.0654 e. The minimum absolute atomic E-state index is 1.10. The molecule has 0 radical (unpaired) electrons. The zero-order chi connectivity index (χ0) is 15.2. The summed E-state index contributed by atoms with van der Waals surface area (Å²) in [5.74, 6) is 2.21. The summed E-state index contributed by atoms with van der Waals surface area (Å²) in [6.07, 6.45) is 25.3. The maximum Gasteiger partial charge on any atom is -0.0386 e. The van der Waals surface area contributed by atoms with Crippen LogP contribution in [0.3, 0.4) is 0 Å². The van der Waals surface area contributed by atoms with Gasteiger partial charge in [0.25, 0.3) is 0 Å². The van der Waals surface area contributed by atoms with E-state index >= 15 is 0 Å². The van der Waals surface area contributed by atoms with Gasteiger partial charge >= 0.3 is 0 Å². The van der Waals surface area contributed by atoms with Crippen molar-refractivity contribution in [2.24, 2.45) is 11.8 Å². The van der Waals surface area contributed by atoms with E-state index in [4.69, 9.17) is 0 Å². The quantitative estimate of drug-likeness (QED) is 0.285. The summed E-state index contributed by atoms with van der Waals surface area (Å²) in [7, 11) is 0. The molecule has 126 valence electrons. The molecule has 0 amide bonds. The average Bonchev–Trinajstić information content (AvgIpc) is 2.94. The summed E-state index contributed by atoms with van der Waals surface area (Å²) in [6, 6.07) is 0. The van der Waals surface area contributed by atoms with E-state index in [2.05, 4.69) is 13.8 Å². The topological polar surface area (TPSA) is 0 Å². The second kappa shape index (κ2) is 13.6. The largest absolute Gasteiger partial charge is 0.0654 e. The zero-order valence-electron chi connectivity index (χ0n) is 15.2. The molecule has 0 aromatic carbocycles. The van der Waals surface area contributed by atoms with Gasteiger partial charge in [-0.2, -0.15) is 0 Å². The van der Waals surface area contributed by atoms with Crippen molar-refractivity contribution in [3.8, 4) is 0 Å². The lowest BCUT2D eigenvalue weighted by atomic mass is 9.86. The van der Waals surface area contributed by atoms with Crippen molar-refractivity contribution < 1.29 is 0 Å². The van der Waals surface area contributed by atoms with Crippen molar-refractivity contribution in [1.82, 2.24) is 0 Å². The van der Waals surface area contributed by atoms with Crippen LogP contribution < -0.4 is 0 Å². The standard InChI is InChI=1S/C21H42/c1-3-5-7-9-10-12-14-17-21-19-15-18-20(21)16-13-11-8-6-4-2/h20-21H,3-19H2,1-2H3. The first kappa shape index (κ1) is 19.0. The van der Waals surface area contributed by atoms with Crippen LogP contribution in [0.1, 0.15) is 123 Å². The maximum atomic E-state index is 2.31. The Morgan fingerprint density at radius 2 is 0.905 bits per heavy atom. The average molecular weight is 295 g/mol. The lowest BCUT2D eigenvalue weighted by molar-refractivity contribution is 0.322. The predicted molar refractivity (Wildman–Crippen MR) is 96.8 cm³/mol. The number of hydrogen-bond donors (Lipinski definition) is 0. The summed E-state index contributed by atoms with van der Waals surface area (Å²) in [4.78, 5) is 0. The summed E-state index contributed by atoms with van der Waals surface area (Å²) < 4.78 is 0. The number of hydrogen-bond acceptors (Lipinski definition) is 0. The first-order valence-electron chi connectivity index (χ1n) is 10.4. The molecule has 0 bridgehead atoms. The zero-order valence-corrected chi connectivity index (χ0v) is 15.2. The third-order valence-corrected chi connectivity index (χ3v) is 5.67. The van der Waals surface area contributed by atoms with Crippen molar-refractivity contribution in [2.75, 3.05) is 0 Å². The van der Waals surface area contributed by atoms with Crippen LogP contribution in [0.5, 0.6) is 0 Å². The molecule has 0 nitrogen and oxygen atoms in total. The van der Waals surface area contributed by atoms with E-state index in [0.29, 0.717) is 0 Å². The fourth-order valence-corrected chi connectivity index (χ4v) is 4.25. The minimum atomic E-state index is 1.10. The molecule has 21 heavy (non-hydrogen) atoms. The normalized spacial score (nSPS) is 22.0. The van der Waals surface area contributed by atoms with Crippen LogP contribution in [-0.4, -0.2) is 0 Å². The van der Waals surface area contributed by atoms with Crippen LogP contribution in [0, 0.1) is 11.8 Å². The van der Waals surface area contributed by atoms with Gasteiger partial charge in [-0.15, -0.1) is 0 Å². The van der Waals surface area contributed by atoms with Crippen LogP contribution in [0.4, 0.5) is 0 Å².